The second-order valence-corrected chi connectivity index (χ2v) is 10.6. The number of hydrogen-bond acceptors (Lipinski definition) is 13. The quantitative estimate of drug-likeness (QED) is 0.0192. The third kappa shape index (κ3) is 66.2. The first-order valence-corrected chi connectivity index (χ1v) is 17.3. The molecular weight excluding hydrogens is 623 g/mol. The highest BCUT2D eigenvalue weighted by Crippen LogP contribution is 2.25. The van der Waals surface area contributed by atoms with E-state index >= 15 is 0 Å². The van der Waals surface area contributed by atoms with Crippen molar-refractivity contribution in [3.05, 3.63) is 25.7 Å². The predicted molar refractivity (Wildman–Crippen MR) is 161 cm³/mol. The molecule has 0 fully saturated rings. The Kier molecular flexibility index (Phi) is 48.1. The van der Waals surface area contributed by atoms with Crippen LogP contribution in [-0.4, -0.2) is 27.9 Å². The van der Waals surface area contributed by atoms with E-state index in [0.717, 1.165) is 38.2 Å². The highest BCUT2D eigenvalue weighted by Gasteiger charge is 2.00. The maximum Gasteiger partial charge on any atom is 0.466 e. The van der Waals surface area contributed by atoms with Crippen LogP contribution in [-0.2, 0) is 64.4 Å². The topological polar surface area (TPSA) is 189 Å². The Hall–Kier alpha value is -1.21. The fourth-order valence-electron chi connectivity index (χ4n) is 3.54. The number of hydrogen-bond donors (Lipinski definition) is 3. The van der Waals surface area contributed by atoms with Crippen molar-refractivity contribution >= 4 is 7.82 Å². The van der Waals surface area contributed by atoms with Gasteiger partial charge in [0.05, 0.1) is 13.2 Å². The van der Waals surface area contributed by atoms with Gasteiger partial charge in [-0.3, -0.25) is 0 Å². The van der Waals surface area contributed by atoms with Crippen molar-refractivity contribution in [1.82, 2.24) is 0 Å². The summed E-state index contributed by atoms with van der Waals surface area (Å²) >= 11 is 0. The van der Waals surface area contributed by atoms with Gasteiger partial charge in [-0.25, -0.2) is 14.3 Å². The lowest BCUT2D eigenvalue weighted by Gasteiger charge is -2.02. The second kappa shape index (κ2) is 44.9. The van der Waals surface area contributed by atoms with Crippen molar-refractivity contribution in [2.75, 3.05) is 13.2 Å². The van der Waals surface area contributed by atoms with E-state index in [1.165, 1.54) is 103 Å². The highest BCUT2D eigenvalue weighted by molar-refractivity contribution is 7.45. The summed E-state index contributed by atoms with van der Waals surface area (Å²) in [6.07, 6.45) is 27.4. The third-order valence-corrected chi connectivity index (χ3v) is 5.64. The van der Waals surface area contributed by atoms with E-state index in [4.69, 9.17) is 19.2 Å². The summed E-state index contributed by atoms with van der Waals surface area (Å²) < 4.78 is 8.88. The van der Waals surface area contributed by atoms with Crippen molar-refractivity contribution in [1.29, 1.82) is 0 Å². The predicted octanol–water partition coefficient (Wildman–Crippen LogP) is 8.52. The minimum absolute atomic E-state index is 0.447. The van der Waals surface area contributed by atoms with Crippen molar-refractivity contribution in [2.45, 2.75) is 142 Å². The van der Waals surface area contributed by atoms with Crippen LogP contribution in [0.4, 0.5) is 0 Å². The molecule has 3 N–H and O–H groups in total. The first-order valence-electron chi connectivity index (χ1n) is 15.7. The third-order valence-electron chi connectivity index (χ3n) is 5.64. The molecule has 16 nitrogen and oxygen atoms in total. The van der Waals surface area contributed by atoms with Crippen LogP contribution in [0.5, 0.6) is 0 Å². The van der Waals surface area contributed by atoms with E-state index in [1.54, 1.807) is 0 Å². The molecule has 272 valence electrons. The molecule has 0 aliphatic heterocycles. The lowest BCUT2D eigenvalue weighted by molar-refractivity contribution is -0.751. The Bertz CT molecular complexity index is 549. The zero-order chi connectivity index (χ0) is 34.0. The van der Waals surface area contributed by atoms with E-state index in [-0.39, 0.29) is 0 Å². The van der Waals surface area contributed by atoms with Gasteiger partial charge < -0.3 is 24.5 Å². The van der Waals surface area contributed by atoms with Gasteiger partial charge in [-0.1, -0.05) is 143 Å². The first-order chi connectivity index (χ1) is 21.8. The molecule has 0 amide bonds. The molecule has 0 aromatic carbocycles. The van der Waals surface area contributed by atoms with Gasteiger partial charge in [0, 0.05) is 20.2 Å². The lowest BCUT2D eigenvalue weighted by Crippen LogP contribution is -2.00. The van der Waals surface area contributed by atoms with Crippen LogP contribution in [0.3, 0.4) is 0 Å². The standard InChI is InChI=1S/2C14H28O6.H3O4P/c2*1-3-5-6-7-8-9-10-11-12-13-14-16-18-20-19-17-15-4-2;1-5(2,3)4/h2*4H,2-3,5-14H2,1H3;(H3,1,2,3,4). The smallest absolute Gasteiger partial charge is 0.315 e. The molecule has 17 heteroatoms. The molecule has 0 radical (unpaired) electrons. The first kappa shape index (κ1) is 48.2. The van der Waals surface area contributed by atoms with Gasteiger partial charge in [0.25, 0.3) is 0 Å². The van der Waals surface area contributed by atoms with E-state index in [0.29, 0.717) is 13.2 Å². The van der Waals surface area contributed by atoms with Gasteiger partial charge in [-0.2, -0.15) is 0 Å². The molecule has 0 aromatic heterocycles. The lowest BCUT2D eigenvalue weighted by atomic mass is 10.1. The number of unbranched alkanes of at least 4 members (excludes halogenated alkanes) is 18. The summed E-state index contributed by atoms with van der Waals surface area (Å²) in [7, 11) is -4.64. The average molecular weight is 683 g/mol. The number of phosphoric acid groups is 1. The molecule has 0 bridgehead atoms. The SMILES string of the molecule is C=COOOOOOCCCCCCCCCCCC.C=COOOOOOCCCCCCCCCCCC.O=P(O)(O)O. The summed E-state index contributed by atoms with van der Waals surface area (Å²) in [5, 5.41) is 32.2. The van der Waals surface area contributed by atoms with Gasteiger partial charge >= 0.3 is 7.82 Å². The molecule has 0 saturated heterocycles. The van der Waals surface area contributed by atoms with E-state index in [2.05, 4.69) is 86.9 Å². The van der Waals surface area contributed by atoms with Gasteiger partial charge in [-0.15, -0.1) is 0 Å². The van der Waals surface area contributed by atoms with Gasteiger partial charge in [0.1, 0.15) is 12.5 Å². The Morgan fingerprint density at radius 3 is 0.956 bits per heavy atom. The minimum Gasteiger partial charge on any atom is -0.315 e. The minimum atomic E-state index is -4.64. The van der Waals surface area contributed by atoms with Crippen LogP contribution in [0.25, 0.3) is 0 Å². The van der Waals surface area contributed by atoms with Crippen LogP contribution >= 0.6 is 7.82 Å². The summed E-state index contributed by atoms with van der Waals surface area (Å²) in [4.78, 5) is 39.2. The summed E-state index contributed by atoms with van der Waals surface area (Å²) in [6.45, 7) is 11.8. The van der Waals surface area contributed by atoms with Crippen LogP contribution in [0.15, 0.2) is 25.7 Å². The molecule has 0 aliphatic carbocycles. The van der Waals surface area contributed by atoms with Crippen molar-refractivity contribution in [3.63, 3.8) is 0 Å². The molecule has 0 heterocycles. The van der Waals surface area contributed by atoms with Crippen molar-refractivity contribution in [3.8, 4) is 0 Å². The highest BCUT2D eigenvalue weighted by atomic mass is 31.2. The van der Waals surface area contributed by atoms with Crippen LogP contribution in [0.1, 0.15) is 142 Å². The monoisotopic (exact) mass is 682 g/mol. The van der Waals surface area contributed by atoms with Crippen molar-refractivity contribution < 1.29 is 79.1 Å². The normalized spacial score (nSPS) is 10.8. The van der Waals surface area contributed by atoms with E-state index < -0.39 is 7.82 Å². The molecule has 0 saturated carbocycles. The van der Waals surface area contributed by atoms with Crippen LogP contribution < -0.4 is 0 Å². The molecule has 0 aromatic rings. The Balaban J connectivity index is -0.000000680. The maximum atomic E-state index is 8.88. The van der Waals surface area contributed by atoms with E-state index in [9.17, 15) is 0 Å². The maximum absolute atomic E-state index is 8.88. The zero-order valence-electron chi connectivity index (χ0n) is 27.2. The Morgan fingerprint density at radius 2 is 0.689 bits per heavy atom. The number of rotatable bonds is 34. The molecule has 0 rings (SSSR count). The molecule has 0 atom stereocenters. The summed E-state index contributed by atoms with van der Waals surface area (Å²) in [5.74, 6) is 0. The van der Waals surface area contributed by atoms with Gasteiger partial charge in [-0.05, 0) is 33.0 Å². The van der Waals surface area contributed by atoms with Crippen molar-refractivity contribution in [2.24, 2.45) is 0 Å². The fourth-order valence-corrected chi connectivity index (χ4v) is 3.54. The average Bonchev–Trinajstić information content (AvgIpc) is 3.00. The van der Waals surface area contributed by atoms with Gasteiger partial charge in [0.15, 0.2) is 0 Å². The molecule has 0 aliphatic rings. The summed E-state index contributed by atoms with van der Waals surface area (Å²) in [5.41, 5.74) is 0. The Morgan fingerprint density at radius 1 is 0.444 bits per heavy atom. The van der Waals surface area contributed by atoms with Crippen LogP contribution in [0.2, 0.25) is 0 Å². The molecule has 0 unspecified atom stereocenters. The zero-order valence-corrected chi connectivity index (χ0v) is 28.1. The summed E-state index contributed by atoms with van der Waals surface area (Å²) in [6, 6.07) is 0. The largest absolute Gasteiger partial charge is 0.466 e. The molecular formula is C28H59O16P. The van der Waals surface area contributed by atoms with Gasteiger partial charge in [0.2, 0.25) is 0 Å². The molecule has 45 heavy (non-hydrogen) atoms. The fraction of sp³-hybridized carbons (Fsp3) is 0.857. The molecule has 0 spiro atoms. The second-order valence-electron chi connectivity index (χ2n) is 9.59. The Labute approximate surface area is 268 Å². The van der Waals surface area contributed by atoms with Crippen LogP contribution in [0, 0.1) is 0 Å². The van der Waals surface area contributed by atoms with E-state index in [1.807, 2.05) is 0 Å².